The highest BCUT2D eigenvalue weighted by Crippen LogP contribution is 2.28. The molecule has 6 heteroatoms. The van der Waals surface area contributed by atoms with Crippen molar-refractivity contribution in [2.45, 2.75) is 45.4 Å². The first-order chi connectivity index (χ1) is 14.6. The van der Waals surface area contributed by atoms with Crippen LogP contribution in [-0.4, -0.2) is 29.9 Å². The topological polar surface area (TPSA) is 74.3 Å². The Morgan fingerprint density at radius 2 is 1.73 bits per heavy atom. The quantitative estimate of drug-likeness (QED) is 0.773. The van der Waals surface area contributed by atoms with Gasteiger partial charge >= 0.3 is 0 Å². The molecule has 2 amide bonds. The van der Waals surface area contributed by atoms with Crippen LogP contribution in [0, 0.1) is 18.8 Å². The fourth-order valence-electron chi connectivity index (χ4n) is 4.44. The third-order valence-electron chi connectivity index (χ3n) is 6.25. The number of nitrogens with one attached hydrogen (secondary N) is 2. The van der Waals surface area contributed by atoms with Gasteiger partial charge in [-0.15, -0.1) is 0 Å². The summed E-state index contributed by atoms with van der Waals surface area (Å²) < 4.78 is 0. The third-order valence-corrected chi connectivity index (χ3v) is 6.25. The van der Waals surface area contributed by atoms with E-state index in [-0.39, 0.29) is 23.7 Å². The van der Waals surface area contributed by atoms with Crippen LogP contribution in [0.3, 0.4) is 0 Å². The van der Waals surface area contributed by atoms with Crippen LogP contribution < -0.4 is 15.5 Å². The smallest absolute Gasteiger partial charge is 0.229 e. The van der Waals surface area contributed by atoms with Crippen LogP contribution in [0.15, 0.2) is 42.6 Å². The second kappa shape index (κ2) is 9.28. The average molecular weight is 407 g/mol. The second-order valence-electron chi connectivity index (χ2n) is 8.46. The average Bonchev–Trinajstić information content (AvgIpc) is 3.32. The van der Waals surface area contributed by atoms with Crippen LogP contribution in [0.1, 0.15) is 44.1 Å². The minimum absolute atomic E-state index is 0.0259. The number of amides is 2. The van der Waals surface area contributed by atoms with Crippen LogP contribution in [0.2, 0.25) is 0 Å². The van der Waals surface area contributed by atoms with E-state index >= 15 is 0 Å². The van der Waals surface area contributed by atoms with Crippen LogP contribution in [0.5, 0.6) is 0 Å². The Balaban J connectivity index is 1.40. The number of piperidine rings is 1. The molecule has 0 bridgehead atoms. The van der Waals surface area contributed by atoms with Crippen LogP contribution in [-0.2, 0) is 9.59 Å². The first-order valence-electron chi connectivity index (χ1n) is 11.0. The minimum Gasteiger partial charge on any atom is -0.356 e. The Labute approximate surface area is 178 Å². The molecule has 1 atom stereocenters. The number of carbonyl (C=O) groups is 2. The molecule has 2 heterocycles. The molecule has 1 aliphatic carbocycles. The molecule has 4 rings (SSSR count). The third kappa shape index (κ3) is 4.81. The molecule has 2 aromatic rings. The zero-order valence-corrected chi connectivity index (χ0v) is 17.6. The summed E-state index contributed by atoms with van der Waals surface area (Å²) in [4.78, 5) is 32.0. The zero-order valence-electron chi connectivity index (χ0n) is 17.6. The van der Waals surface area contributed by atoms with E-state index in [0.29, 0.717) is 6.54 Å². The van der Waals surface area contributed by atoms with Gasteiger partial charge in [-0.2, -0.15) is 0 Å². The maximum absolute atomic E-state index is 13.0. The van der Waals surface area contributed by atoms with Crippen molar-refractivity contribution < 1.29 is 9.59 Å². The van der Waals surface area contributed by atoms with Crippen molar-refractivity contribution in [3.63, 3.8) is 0 Å². The lowest BCUT2D eigenvalue weighted by Gasteiger charge is -2.33. The summed E-state index contributed by atoms with van der Waals surface area (Å²) in [6.07, 6.45) is 7.81. The summed E-state index contributed by atoms with van der Waals surface area (Å²) in [5, 5.41) is 6.12. The van der Waals surface area contributed by atoms with Crippen LogP contribution in [0.4, 0.5) is 17.2 Å². The maximum Gasteiger partial charge on any atom is 0.229 e. The largest absolute Gasteiger partial charge is 0.356 e. The second-order valence-corrected chi connectivity index (χ2v) is 8.46. The van der Waals surface area contributed by atoms with E-state index < -0.39 is 0 Å². The summed E-state index contributed by atoms with van der Waals surface area (Å²) in [5.74, 6) is 1.06. The molecule has 2 aliphatic rings. The van der Waals surface area contributed by atoms with E-state index in [1.807, 2.05) is 43.3 Å². The first kappa shape index (κ1) is 20.4. The molecule has 1 aliphatic heterocycles. The van der Waals surface area contributed by atoms with Crippen molar-refractivity contribution in [2.75, 3.05) is 28.6 Å². The highest BCUT2D eigenvalue weighted by atomic mass is 16.2. The fraction of sp³-hybridized carbons (Fsp3) is 0.458. The number of benzene rings is 1. The number of rotatable bonds is 5. The predicted molar refractivity (Wildman–Crippen MR) is 120 cm³/mol. The number of pyridine rings is 1. The summed E-state index contributed by atoms with van der Waals surface area (Å²) in [6, 6.07) is 11.6. The van der Waals surface area contributed by atoms with Crippen molar-refractivity contribution in [1.82, 2.24) is 4.98 Å². The van der Waals surface area contributed by atoms with Gasteiger partial charge in [-0.3, -0.25) is 9.59 Å². The summed E-state index contributed by atoms with van der Waals surface area (Å²) in [6.45, 7) is 3.56. The van der Waals surface area contributed by atoms with Crippen molar-refractivity contribution in [1.29, 1.82) is 0 Å². The van der Waals surface area contributed by atoms with Crippen LogP contribution >= 0.6 is 0 Å². The standard InChI is InChI=1S/C24H30N4O2/c1-17-11-12-20(26-23(29)18-7-2-3-8-18)15-21(17)27-24(30)19-9-6-14-28(16-19)22-10-4-5-13-25-22/h4-5,10-13,15,18-19H,2-3,6-9,14,16H2,1H3,(H,26,29)(H,27,30). The van der Waals surface area contributed by atoms with Gasteiger partial charge in [0, 0.05) is 36.6 Å². The van der Waals surface area contributed by atoms with Gasteiger partial charge in [-0.25, -0.2) is 4.98 Å². The van der Waals surface area contributed by atoms with Gasteiger partial charge in [-0.1, -0.05) is 25.0 Å². The normalized spacial score (nSPS) is 19.5. The molecule has 0 radical (unpaired) electrons. The van der Waals surface area contributed by atoms with Gasteiger partial charge in [0.2, 0.25) is 11.8 Å². The highest BCUT2D eigenvalue weighted by Gasteiger charge is 2.27. The van der Waals surface area contributed by atoms with Crippen LogP contribution in [0.25, 0.3) is 0 Å². The molecule has 1 saturated carbocycles. The summed E-state index contributed by atoms with van der Waals surface area (Å²) >= 11 is 0. The maximum atomic E-state index is 13.0. The highest BCUT2D eigenvalue weighted by molar-refractivity contribution is 5.96. The first-order valence-corrected chi connectivity index (χ1v) is 11.0. The Morgan fingerprint density at radius 1 is 0.967 bits per heavy atom. The van der Waals surface area contributed by atoms with E-state index in [0.717, 1.165) is 67.8 Å². The van der Waals surface area contributed by atoms with E-state index in [9.17, 15) is 9.59 Å². The van der Waals surface area contributed by atoms with Gasteiger partial charge in [-0.05, 0) is 62.4 Å². The SMILES string of the molecule is Cc1ccc(NC(=O)C2CCCC2)cc1NC(=O)C1CCCN(c2ccccn2)C1. The lowest BCUT2D eigenvalue weighted by molar-refractivity contribution is -0.120. The van der Waals surface area contributed by atoms with Gasteiger partial charge in [0.15, 0.2) is 0 Å². The van der Waals surface area contributed by atoms with E-state index in [1.165, 1.54) is 0 Å². The number of hydrogen-bond acceptors (Lipinski definition) is 4. The van der Waals surface area contributed by atoms with E-state index in [2.05, 4.69) is 20.5 Å². The molecule has 6 nitrogen and oxygen atoms in total. The van der Waals surface area contributed by atoms with Crippen molar-refractivity contribution in [2.24, 2.45) is 11.8 Å². The molecular weight excluding hydrogens is 376 g/mol. The van der Waals surface area contributed by atoms with Gasteiger partial charge < -0.3 is 15.5 Å². The van der Waals surface area contributed by atoms with E-state index in [1.54, 1.807) is 6.20 Å². The lowest BCUT2D eigenvalue weighted by atomic mass is 9.96. The van der Waals surface area contributed by atoms with Gasteiger partial charge in [0.25, 0.3) is 0 Å². The van der Waals surface area contributed by atoms with Crippen molar-refractivity contribution >= 4 is 29.0 Å². The molecule has 0 spiro atoms. The molecule has 2 N–H and O–H groups in total. The Kier molecular flexibility index (Phi) is 6.31. The monoisotopic (exact) mass is 406 g/mol. The molecular formula is C24H30N4O2. The molecule has 1 aromatic heterocycles. The predicted octanol–water partition coefficient (Wildman–Crippen LogP) is 4.37. The van der Waals surface area contributed by atoms with Gasteiger partial charge in [0.1, 0.15) is 5.82 Å². The zero-order chi connectivity index (χ0) is 20.9. The number of carbonyl (C=O) groups excluding carboxylic acids is 2. The summed E-state index contributed by atoms with van der Waals surface area (Å²) in [7, 11) is 0. The van der Waals surface area contributed by atoms with Gasteiger partial charge in [0.05, 0.1) is 5.92 Å². The van der Waals surface area contributed by atoms with E-state index in [4.69, 9.17) is 0 Å². The molecule has 1 unspecified atom stereocenters. The molecule has 1 saturated heterocycles. The van der Waals surface area contributed by atoms with Crippen molar-refractivity contribution in [3.05, 3.63) is 48.2 Å². The lowest BCUT2D eigenvalue weighted by Crippen LogP contribution is -2.41. The molecule has 2 fully saturated rings. The number of anilines is 3. The van der Waals surface area contributed by atoms with Crippen molar-refractivity contribution in [3.8, 4) is 0 Å². The molecule has 1 aromatic carbocycles. The Bertz CT molecular complexity index is 893. The number of hydrogen-bond donors (Lipinski definition) is 2. The number of aryl methyl sites for hydroxylation is 1. The number of nitrogens with zero attached hydrogens (tertiary/aromatic N) is 2. The fourth-order valence-corrected chi connectivity index (χ4v) is 4.44. The Hall–Kier alpha value is -2.89. The number of aromatic nitrogens is 1. The summed E-state index contributed by atoms with van der Waals surface area (Å²) in [5.41, 5.74) is 2.49. The molecule has 30 heavy (non-hydrogen) atoms. The molecule has 158 valence electrons. The Morgan fingerprint density at radius 3 is 2.50 bits per heavy atom. The minimum atomic E-state index is -0.0862.